The predicted molar refractivity (Wildman–Crippen MR) is 160 cm³/mol. The monoisotopic (exact) mass is 592 g/mol. The van der Waals surface area contributed by atoms with Crippen LogP contribution in [0.15, 0.2) is 69.6 Å². The molecule has 1 aliphatic heterocycles. The summed E-state index contributed by atoms with van der Waals surface area (Å²) >= 11 is 7.42. The van der Waals surface area contributed by atoms with Crippen LogP contribution in [0.2, 0.25) is 5.02 Å². The molecule has 0 spiro atoms. The lowest BCUT2D eigenvalue weighted by Gasteiger charge is -2.28. The molecule has 8 nitrogen and oxygen atoms in total. The van der Waals surface area contributed by atoms with Gasteiger partial charge in [-0.2, -0.15) is 0 Å². The first-order chi connectivity index (χ1) is 19.8. The highest BCUT2D eigenvalue weighted by Crippen LogP contribution is 2.41. The van der Waals surface area contributed by atoms with Crippen LogP contribution in [0.1, 0.15) is 43.9 Å². The molecule has 1 N–H and O–H groups in total. The number of halogens is 1. The van der Waals surface area contributed by atoms with Gasteiger partial charge in [-0.3, -0.25) is 9.36 Å². The molecule has 0 saturated heterocycles. The maximum absolute atomic E-state index is 14.2. The number of aromatic nitrogens is 1. The summed E-state index contributed by atoms with van der Waals surface area (Å²) in [5, 5.41) is 12.0. The van der Waals surface area contributed by atoms with Crippen LogP contribution in [-0.4, -0.2) is 36.5 Å². The number of esters is 1. The number of rotatable bonds is 8. The minimum absolute atomic E-state index is 0.0940. The van der Waals surface area contributed by atoms with Crippen molar-refractivity contribution in [3.63, 3.8) is 0 Å². The van der Waals surface area contributed by atoms with Crippen molar-refractivity contribution < 1.29 is 24.1 Å². The van der Waals surface area contributed by atoms with Crippen LogP contribution in [0.5, 0.6) is 17.2 Å². The van der Waals surface area contributed by atoms with Crippen LogP contribution in [-0.2, 0) is 9.53 Å². The first-order valence-corrected chi connectivity index (χ1v) is 14.4. The van der Waals surface area contributed by atoms with Gasteiger partial charge < -0.3 is 19.3 Å². The third kappa shape index (κ3) is 5.11. The van der Waals surface area contributed by atoms with Gasteiger partial charge >= 0.3 is 5.97 Å². The second-order valence-corrected chi connectivity index (χ2v) is 10.8. The Morgan fingerprint density at radius 2 is 1.88 bits per heavy atom. The molecule has 1 aromatic heterocycles. The molecule has 5 rings (SSSR count). The lowest BCUT2D eigenvalue weighted by atomic mass is 9.90. The van der Waals surface area contributed by atoms with E-state index in [9.17, 15) is 14.7 Å². The Morgan fingerprint density at radius 3 is 2.59 bits per heavy atom. The molecule has 3 aromatic carbocycles. The number of ether oxygens (including phenoxy) is 3. The number of thiazole rings is 1. The number of aromatic hydroxyl groups is 1. The third-order valence-corrected chi connectivity index (χ3v) is 8.16. The third-order valence-electron chi connectivity index (χ3n) is 6.88. The molecule has 1 aliphatic rings. The summed E-state index contributed by atoms with van der Waals surface area (Å²) in [5.74, 6) is 0.0192. The number of hydrogen-bond donors (Lipinski definition) is 1. The van der Waals surface area contributed by atoms with Gasteiger partial charge in [-0.05, 0) is 54.0 Å². The number of fused-ring (bicyclic) bond motifs is 2. The van der Waals surface area contributed by atoms with E-state index in [1.807, 2.05) is 43.3 Å². The second-order valence-electron chi connectivity index (χ2n) is 9.37. The van der Waals surface area contributed by atoms with Crippen molar-refractivity contribution >= 4 is 45.8 Å². The minimum Gasteiger partial charge on any atom is -0.503 e. The summed E-state index contributed by atoms with van der Waals surface area (Å²) in [6.07, 6.45) is 2.93. The van der Waals surface area contributed by atoms with Gasteiger partial charge in [0.15, 0.2) is 16.3 Å². The summed E-state index contributed by atoms with van der Waals surface area (Å²) in [5.41, 5.74) is 1.80. The Labute approximate surface area is 245 Å². The Bertz CT molecular complexity index is 1870. The maximum Gasteiger partial charge on any atom is 0.338 e. The standard InChI is InChI=1S/C31H29ClN2O6S/c1-5-9-21-26(30(37)40-6-2)27(25-19-11-8-7-10-18(19)12-13-22(25)38-3)34-29(36)24(41-31(34)33-21)16-17-14-20(32)28(35)23(15-17)39-4/h7-8,10-16,27,35H,5-6,9H2,1-4H3. The molecule has 0 bridgehead atoms. The quantitative estimate of drug-likeness (QED) is 0.286. The number of benzene rings is 3. The first-order valence-electron chi connectivity index (χ1n) is 13.2. The van der Waals surface area contributed by atoms with Gasteiger partial charge in [0, 0.05) is 5.56 Å². The predicted octanol–water partition coefficient (Wildman–Crippen LogP) is 5.11. The number of nitrogens with zero attached hydrogens (tertiary/aromatic N) is 2. The number of hydrogen-bond acceptors (Lipinski definition) is 8. The molecular weight excluding hydrogens is 564 g/mol. The largest absolute Gasteiger partial charge is 0.503 e. The van der Waals surface area contributed by atoms with Gasteiger partial charge in [0.05, 0.1) is 41.7 Å². The van der Waals surface area contributed by atoms with E-state index in [1.54, 1.807) is 36.8 Å². The lowest BCUT2D eigenvalue weighted by Crippen LogP contribution is -2.40. The summed E-state index contributed by atoms with van der Waals surface area (Å²) in [6, 6.07) is 13.9. The molecule has 0 aliphatic carbocycles. The fraction of sp³-hybridized carbons (Fsp3) is 0.258. The van der Waals surface area contributed by atoms with Crippen molar-refractivity contribution in [2.45, 2.75) is 32.7 Å². The van der Waals surface area contributed by atoms with Crippen LogP contribution in [0.3, 0.4) is 0 Å². The maximum atomic E-state index is 14.2. The van der Waals surface area contributed by atoms with E-state index >= 15 is 0 Å². The molecule has 0 radical (unpaired) electrons. The van der Waals surface area contributed by atoms with E-state index in [1.165, 1.54) is 18.4 Å². The number of phenols is 1. The van der Waals surface area contributed by atoms with Gasteiger partial charge in [-0.1, -0.05) is 66.6 Å². The molecule has 212 valence electrons. The van der Waals surface area contributed by atoms with Crippen LogP contribution in [0.25, 0.3) is 16.8 Å². The molecule has 1 atom stereocenters. The highest BCUT2D eigenvalue weighted by molar-refractivity contribution is 7.07. The van der Waals surface area contributed by atoms with Crippen molar-refractivity contribution in [1.29, 1.82) is 0 Å². The van der Waals surface area contributed by atoms with E-state index in [-0.39, 0.29) is 28.7 Å². The van der Waals surface area contributed by atoms with E-state index in [0.717, 1.165) is 17.2 Å². The summed E-state index contributed by atoms with van der Waals surface area (Å²) in [4.78, 5) is 33.1. The molecule has 0 amide bonds. The topological polar surface area (TPSA) is 99.4 Å². The zero-order valence-electron chi connectivity index (χ0n) is 23.1. The smallest absolute Gasteiger partial charge is 0.338 e. The Morgan fingerprint density at radius 1 is 1.12 bits per heavy atom. The first kappa shape index (κ1) is 28.4. The van der Waals surface area contributed by atoms with Crippen molar-refractivity contribution in [1.82, 2.24) is 4.57 Å². The van der Waals surface area contributed by atoms with Gasteiger partial charge in [0.1, 0.15) is 11.8 Å². The number of carbonyl (C=O) groups excluding carboxylic acids is 1. The van der Waals surface area contributed by atoms with E-state index in [4.69, 9.17) is 30.8 Å². The molecule has 10 heteroatoms. The Balaban J connectivity index is 1.87. The Kier molecular flexibility index (Phi) is 8.19. The number of methoxy groups -OCH3 is 2. The highest BCUT2D eigenvalue weighted by atomic mass is 35.5. The number of allylic oxidation sites excluding steroid dienone is 1. The van der Waals surface area contributed by atoms with E-state index in [2.05, 4.69) is 0 Å². The average Bonchev–Trinajstić information content (AvgIpc) is 3.27. The van der Waals surface area contributed by atoms with Crippen molar-refractivity contribution in [3.8, 4) is 17.2 Å². The van der Waals surface area contributed by atoms with Crippen molar-refractivity contribution in [2.24, 2.45) is 4.99 Å². The lowest BCUT2D eigenvalue weighted by molar-refractivity contribution is -0.139. The average molecular weight is 593 g/mol. The van der Waals surface area contributed by atoms with Crippen LogP contribution in [0, 0.1) is 0 Å². The van der Waals surface area contributed by atoms with Crippen LogP contribution >= 0.6 is 22.9 Å². The van der Waals surface area contributed by atoms with Crippen molar-refractivity contribution in [3.05, 3.63) is 95.6 Å². The van der Waals surface area contributed by atoms with Crippen LogP contribution < -0.4 is 24.4 Å². The molecular formula is C31H29ClN2O6S. The van der Waals surface area contributed by atoms with E-state index in [0.29, 0.717) is 43.9 Å². The van der Waals surface area contributed by atoms with Gasteiger partial charge in [0.2, 0.25) is 0 Å². The summed E-state index contributed by atoms with van der Waals surface area (Å²) < 4.78 is 18.5. The molecule has 2 heterocycles. The molecule has 0 fully saturated rings. The second kappa shape index (κ2) is 11.8. The zero-order valence-corrected chi connectivity index (χ0v) is 24.6. The molecule has 0 saturated carbocycles. The molecule has 1 unspecified atom stereocenters. The number of phenolic OH excluding ortho intramolecular Hbond substituents is 1. The molecule has 41 heavy (non-hydrogen) atoms. The highest BCUT2D eigenvalue weighted by Gasteiger charge is 2.37. The normalized spacial score (nSPS) is 15.0. The summed E-state index contributed by atoms with van der Waals surface area (Å²) in [7, 11) is 2.99. The van der Waals surface area contributed by atoms with Gasteiger partial charge in [0.25, 0.3) is 5.56 Å². The summed E-state index contributed by atoms with van der Waals surface area (Å²) in [6.45, 7) is 3.93. The minimum atomic E-state index is -0.840. The fourth-order valence-corrected chi connectivity index (χ4v) is 6.35. The van der Waals surface area contributed by atoms with E-state index < -0.39 is 12.0 Å². The fourth-order valence-electron chi connectivity index (χ4n) is 5.11. The Hall–Kier alpha value is -4.08. The number of carbonyl (C=O) groups is 1. The molecule has 4 aromatic rings. The van der Waals surface area contributed by atoms with Gasteiger partial charge in [-0.15, -0.1) is 0 Å². The van der Waals surface area contributed by atoms with Crippen molar-refractivity contribution in [2.75, 3.05) is 20.8 Å². The van der Waals surface area contributed by atoms with Crippen LogP contribution in [0.4, 0.5) is 0 Å². The van der Waals surface area contributed by atoms with Gasteiger partial charge in [-0.25, -0.2) is 9.79 Å². The SMILES string of the molecule is CCCC1=C(C(=O)OCC)C(c2c(OC)ccc3ccccc23)n2c(sc(=Cc3cc(Cl)c(O)c(OC)c3)c2=O)=N1. The zero-order chi connectivity index (χ0) is 29.3.